The molecular formula is C16H25NO2. The number of ether oxygens (including phenoxy) is 2. The maximum atomic E-state index is 5.85. The van der Waals surface area contributed by atoms with E-state index >= 15 is 0 Å². The van der Waals surface area contributed by atoms with Gasteiger partial charge in [0.25, 0.3) is 0 Å². The first-order valence-corrected chi connectivity index (χ1v) is 7.29. The Labute approximate surface area is 116 Å². The minimum absolute atomic E-state index is 0.354. The first kappa shape index (κ1) is 14.4. The summed E-state index contributed by atoms with van der Waals surface area (Å²) in [5, 5.41) is 3.62. The SMILES string of the molecule is CCNC(c1cccc(OC)c1)C1CCOC1CC. The van der Waals surface area contributed by atoms with Crippen molar-refractivity contribution in [3.05, 3.63) is 29.8 Å². The van der Waals surface area contributed by atoms with Crippen LogP contribution in [0.1, 0.15) is 38.3 Å². The standard InChI is InChI=1S/C16H25NO2/c1-4-15-14(9-10-19-15)16(17-5-2)12-7-6-8-13(11-12)18-3/h6-8,11,14-17H,4-5,9-10H2,1-3H3. The van der Waals surface area contributed by atoms with Crippen molar-refractivity contribution in [1.82, 2.24) is 5.32 Å². The first-order chi connectivity index (χ1) is 9.30. The molecule has 0 aromatic heterocycles. The molecular weight excluding hydrogens is 238 g/mol. The highest BCUT2D eigenvalue weighted by Crippen LogP contribution is 2.35. The summed E-state index contributed by atoms with van der Waals surface area (Å²) in [5.74, 6) is 1.48. The molecule has 1 N–H and O–H groups in total. The predicted molar refractivity (Wildman–Crippen MR) is 77.5 cm³/mol. The largest absolute Gasteiger partial charge is 0.497 e. The Morgan fingerprint density at radius 2 is 2.26 bits per heavy atom. The average Bonchev–Trinajstić information content (AvgIpc) is 2.93. The Balaban J connectivity index is 2.23. The summed E-state index contributed by atoms with van der Waals surface area (Å²) in [6.07, 6.45) is 2.58. The van der Waals surface area contributed by atoms with Crippen LogP contribution in [0.25, 0.3) is 0 Å². The lowest BCUT2D eigenvalue weighted by molar-refractivity contribution is 0.0775. The van der Waals surface area contributed by atoms with Crippen LogP contribution in [0, 0.1) is 5.92 Å². The molecule has 3 heteroatoms. The molecule has 1 fully saturated rings. The van der Waals surface area contributed by atoms with E-state index in [4.69, 9.17) is 9.47 Å². The molecule has 0 spiro atoms. The van der Waals surface area contributed by atoms with Gasteiger partial charge in [0.05, 0.1) is 13.2 Å². The van der Waals surface area contributed by atoms with Crippen LogP contribution in [0.15, 0.2) is 24.3 Å². The third kappa shape index (κ3) is 3.28. The van der Waals surface area contributed by atoms with E-state index in [0.29, 0.717) is 18.1 Å². The number of rotatable bonds is 6. The van der Waals surface area contributed by atoms with E-state index in [-0.39, 0.29) is 0 Å². The average molecular weight is 263 g/mol. The van der Waals surface area contributed by atoms with Crippen molar-refractivity contribution in [2.75, 3.05) is 20.3 Å². The van der Waals surface area contributed by atoms with Gasteiger partial charge in [0.2, 0.25) is 0 Å². The van der Waals surface area contributed by atoms with Crippen molar-refractivity contribution in [1.29, 1.82) is 0 Å². The number of hydrogen-bond donors (Lipinski definition) is 1. The van der Waals surface area contributed by atoms with Gasteiger partial charge in [0, 0.05) is 18.6 Å². The van der Waals surface area contributed by atoms with Gasteiger partial charge in [-0.3, -0.25) is 0 Å². The quantitative estimate of drug-likeness (QED) is 0.855. The minimum Gasteiger partial charge on any atom is -0.497 e. The van der Waals surface area contributed by atoms with E-state index in [2.05, 4.69) is 37.4 Å². The summed E-state index contributed by atoms with van der Waals surface area (Å²) in [6, 6.07) is 8.73. The third-order valence-electron chi connectivity index (χ3n) is 3.97. The molecule has 0 aliphatic carbocycles. The first-order valence-electron chi connectivity index (χ1n) is 7.29. The number of hydrogen-bond acceptors (Lipinski definition) is 3. The van der Waals surface area contributed by atoms with Gasteiger partial charge in [-0.15, -0.1) is 0 Å². The van der Waals surface area contributed by atoms with Gasteiger partial charge in [0.15, 0.2) is 0 Å². The number of benzene rings is 1. The molecule has 0 saturated carbocycles. The second kappa shape index (κ2) is 6.92. The van der Waals surface area contributed by atoms with E-state index in [0.717, 1.165) is 31.7 Å². The van der Waals surface area contributed by atoms with Gasteiger partial charge >= 0.3 is 0 Å². The van der Waals surface area contributed by atoms with Crippen LogP contribution >= 0.6 is 0 Å². The molecule has 1 saturated heterocycles. The molecule has 106 valence electrons. The Morgan fingerprint density at radius 3 is 2.95 bits per heavy atom. The van der Waals surface area contributed by atoms with E-state index in [1.54, 1.807) is 7.11 Å². The van der Waals surface area contributed by atoms with Crippen LogP contribution in [-0.2, 0) is 4.74 Å². The van der Waals surface area contributed by atoms with Crippen LogP contribution in [0.3, 0.4) is 0 Å². The third-order valence-corrected chi connectivity index (χ3v) is 3.97. The van der Waals surface area contributed by atoms with Crippen LogP contribution in [0.4, 0.5) is 0 Å². The summed E-state index contributed by atoms with van der Waals surface area (Å²) in [7, 11) is 1.72. The van der Waals surface area contributed by atoms with Gasteiger partial charge < -0.3 is 14.8 Å². The minimum atomic E-state index is 0.354. The molecule has 1 aromatic carbocycles. The summed E-state index contributed by atoms with van der Waals surface area (Å²) in [5.41, 5.74) is 1.30. The van der Waals surface area contributed by atoms with Crippen LogP contribution in [0.2, 0.25) is 0 Å². The lowest BCUT2D eigenvalue weighted by Gasteiger charge is -2.28. The van der Waals surface area contributed by atoms with Gasteiger partial charge in [-0.2, -0.15) is 0 Å². The maximum absolute atomic E-state index is 5.85. The van der Waals surface area contributed by atoms with Crippen LogP contribution < -0.4 is 10.1 Å². The lowest BCUT2D eigenvalue weighted by Crippen LogP contribution is -2.32. The van der Waals surface area contributed by atoms with Crippen molar-refractivity contribution in [2.24, 2.45) is 5.92 Å². The van der Waals surface area contributed by atoms with Gasteiger partial charge in [-0.25, -0.2) is 0 Å². The molecule has 1 aliphatic heterocycles. The normalized spacial score (nSPS) is 24.4. The molecule has 3 nitrogen and oxygen atoms in total. The van der Waals surface area contributed by atoms with Crippen molar-refractivity contribution in [2.45, 2.75) is 38.8 Å². The molecule has 0 amide bonds. The van der Waals surface area contributed by atoms with Crippen molar-refractivity contribution in [3.8, 4) is 5.75 Å². The zero-order chi connectivity index (χ0) is 13.7. The van der Waals surface area contributed by atoms with Gasteiger partial charge in [0.1, 0.15) is 5.75 Å². The topological polar surface area (TPSA) is 30.5 Å². The predicted octanol–water partition coefficient (Wildman–Crippen LogP) is 3.16. The maximum Gasteiger partial charge on any atom is 0.119 e. The monoisotopic (exact) mass is 263 g/mol. The Hall–Kier alpha value is -1.06. The van der Waals surface area contributed by atoms with Crippen LogP contribution in [0.5, 0.6) is 5.75 Å². The highest BCUT2D eigenvalue weighted by atomic mass is 16.5. The molecule has 3 unspecified atom stereocenters. The van der Waals surface area contributed by atoms with E-state index in [9.17, 15) is 0 Å². The van der Waals surface area contributed by atoms with E-state index in [1.165, 1.54) is 5.56 Å². The summed E-state index contributed by atoms with van der Waals surface area (Å²) >= 11 is 0. The smallest absolute Gasteiger partial charge is 0.119 e. The second-order valence-electron chi connectivity index (χ2n) is 5.08. The molecule has 2 rings (SSSR count). The zero-order valence-electron chi connectivity index (χ0n) is 12.2. The highest BCUT2D eigenvalue weighted by molar-refractivity contribution is 5.31. The fourth-order valence-corrected chi connectivity index (χ4v) is 3.04. The molecule has 3 atom stereocenters. The number of methoxy groups -OCH3 is 1. The Morgan fingerprint density at radius 1 is 1.42 bits per heavy atom. The molecule has 1 aliphatic rings. The van der Waals surface area contributed by atoms with E-state index < -0.39 is 0 Å². The summed E-state index contributed by atoms with van der Waals surface area (Å²) < 4.78 is 11.2. The second-order valence-corrected chi connectivity index (χ2v) is 5.08. The molecule has 1 aromatic rings. The fourth-order valence-electron chi connectivity index (χ4n) is 3.04. The van der Waals surface area contributed by atoms with Gasteiger partial charge in [-0.05, 0) is 37.1 Å². The Kier molecular flexibility index (Phi) is 5.23. The molecule has 0 bridgehead atoms. The summed E-state index contributed by atoms with van der Waals surface area (Å²) in [4.78, 5) is 0. The lowest BCUT2D eigenvalue weighted by atomic mass is 9.86. The van der Waals surface area contributed by atoms with Gasteiger partial charge in [-0.1, -0.05) is 26.0 Å². The molecule has 1 heterocycles. The van der Waals surface area contributed by atoms with E-state index in [1.807, 2.05) is 6.07 Å². The van der Waals surface area contributed by atoms with Crippen molar-refractivity contribution >= 4 is 0 Å². The van der Waals surface area contributed by atoms with Crippen LogP contribution in [-0.4, -0.2) is 26.4 Å². The Bertz CT molecular complexity index is 394. The highest BCUT2D eigenvalue weighted by Gasteiger charge is 2.34. The fraction of sp³-hybridized carbons (Fsp3) is 0.625. The zero-order valence-corrected chi connectivity index (χ0v) is 12.2. The van der Waals surface area contributed by atoms with Crippen molar-refractivity contribution in [3.63, 3.8) is 0 Å². The van der Waals surface area contributed by atoms with Crippen molar-refractivity contribution < 1.29 is 9.47 Å². The molecule has 0 radical (unpaired) electrons. The molecule has 19 heavy (non-hydrogen) atoms. The summed E-state index contributed by atoms with van der Waals surface area (Å²) in [6.45, 7) is 6.21. The number of nitrogens with one attached hydrogen (secondary N) is 1.